The number of nitrogens with zero attached hydrogens (tertiary/aromatic N) is 2. The molecule has 0 aliphatic carbocycles. The van der Waals surface area contributed by atoms with E-state index in [0.29, 0.717) is 5.82 Å². The van der Waals surface area contributed by atoms with E-state index < -0.39 is 10.0 Å². The van der Waals surface area contributed by atoms with E-state index in [1.54, 1.807) is 44.3 Å². The Morgan fingerprint density at radius 3 is 2.57 bits per heavy atom. The summed E-state index contributed by atoms with van der Waals surface area (Å²) in [7, 11) is -3.48. The number of nitrogens with one attached hydrogen (secondary N) is 3. The standard InChI is InChI=1S/C15H17N5O2S/c1-10(2)20-23(21,22)12-7-5-11(6-8-12)17-15-14-13(18-19-15)4-3-9-16-14/h3-10,20H,1-2H3,(H2,17,18,19). The Bertz CT molecular complexity index is 916. The van der Waals surface area contributed by atoms with Gasteiger partial charge in [-0.2, -0.15) is 5.10 Å². The van der Waals surface area contributed by atoms with Gasteiger partial charge in [-0.15, -0.1) is 0 Å². The van der Waals surface area contributed by atoms with Crippen LogP contribution in [0.4, 0.5) is 11.5 Å². The van der Waals surface area contributed by atoms with E-state index >= 15 is 0 Å². The van der Waals surface area contributed by atoms with Crippen molar-refractivity contribution in [3.63, 3.8) is 0 Å². The summed E-state index contributed by atoms with van der Waals surface area (Å²) in [5, 5.41) is 10.2. The van der Waals surface area contributed by atoms with E-state index in [9.17, 15) is 8.42 Å². The van der Waals surface area contributed by atoms with Crippen LogP contribution in [0, 0.1) is 0 Å². The number of pyridine rings is 1. The summed E-state index contributed by atoms with van der Waals surface area (Å²) >= 11 is 0. The van der Waals surface area contributed by atoms with Crippen LogP contribution in [-0.4, -0.2) is 29.6 Å². The molecule has 8 heteroatoms. The van der Waals surface area contributed by atoms with E-state index in [1.807, 2.05) is 12.1 Å². The summed E-state index contributed by atoms with van der Waals surface area (Å²) in [5.41, 5.74) is 2.29. The molecule has 0 aliphatic heterocycles. The summed E-state index contributed by atoms with van der Waals surface area (Å²) in [4.78, 5) is 4.49. The fourth-order valence-electron chi connectivity index (χ4n) is 2.17. The number of rotatable bonds is 5. The van der Waals surface area contributed by atoms with Crippen LogP contribution in [-0.2, 0) is 10.0 Å². The van der Waals surface area contributed by atoms with Gasteiger partial charge in [-0.1, -0.05) is 0 Å². The maximum Gasteiger partial charge on any atom is 0.240 e. The highest BCUT2D eigenvalue weighted by Gasteiger charge is 2.15. The maximum absolute atomic E-state index is 12.1. The van der Waals surface area contributed by atoms with Crippen molar-refractivity contribution < 1.29 is 8.42 Å². The first-order chi connectivity index (χ1) is 11.0. The van der Waals surface area contributed by atoms with E-state index in [-0.39, 0.29) is 10.9 Å². The molecule has 23 heavy (non-hydrogen) atoms. The highest BCUT2D eigenvalue weighted by molar-refractivity contribution is 7.89. The largest absolute Gasteiger partial charge is 0.337 e. The molecule has 0 aliphatic rings. The number of sulfonamides is 1. The Labute approximate surface area is 134 Å². The first-order valence-corrected chi connectivity index (χ1v) is 8.62. The lowest BCUT2D eigenvalue weighted by Crippen LogP contribution is -2.30. The van der Waals surface area contributed by atoms with Gasteiger partial charge < -0.3 is 5.32 Å². The molecular weight excluding hydrogens is 314 g/mol. The van der Waals surface area contributed by atoms with Crippen LogP contribution in [0.15, 0.2) is 47.5 Å². The number of anilines is 2. The van der Waals surface area contributed by atoms with Crippen molar-refractivity contribution in [2.45, 2.75) is 24.8 Å². The van der Waals surface area contributed by atoms with E-state index in [0.717, 1.165) is 16.7 Å². The van der Waals surface area contributed by atoms with Gasteiger partial charge in [0.2, 0.25) is 10.0 Å². The fourth-order valence-corrected chi connectivity index (χ4v) is 3.42. The minimum atomic E-state index is -3.48. The highest BCUT2D eigenvalue weighted by atomic mass is 32.2. The van der Waals surface area contributed by atoms with Gasteiger partial charge in [-0.05, 0) is 50.2 Å². The van der Waals surface area contributed by atoms with Gasteiger partial charge >= 0.3 is 0 Å². The third-order valence-corrected chi connectivity index (χ3v) is 4.81. The molecule has 7 nitrogen and oxygen atoms in total. The SMILES string of the molecule is CC(C)NS(=O)(=O)c1ccc(Nc2n[nH]c3cccnc23)cc1. The zero-order chi connectivity index (χ0) is 16.4. The lowest BCUT2D eigenvalue weighted by Gasteiger charge is -2.10. The van der Waals surface area contributed by atoms with Crippen LogP contribution in [0.2, 0.25) is 0 Å². The highest BCUT2D eigenvalue weighted by Crippen LogP contribution is 2.22. The van der Waals surface area contributed by atoms with Crippen molar-refractivity contribution in [1.82, 2.24) is 19.9 Å². The zero-order valence-corrected chi connectivity index (χ0v) is 13.6. The Morgan fingerprint density at radius 2 is 1.87 bits per heavy atom. The topological polar surface area (TPSA) is 99.8 Å². The number of hydrogen-bond acceptors (Lipinski definition) is 5. The molecule has 0 spiro atoms. The molecule has 0 atom stereocenters. The molecule has 0 amide bonds. The van der Waals surface area contributed by atoms with Crippen molar-refractivity contribution in [2.75, 3.05) is 5.32 Å². The van der Waals surface area contributed by atoms with E-state index in [2.05, 4.69) is 25.2 Å². The number of aromatic amines is 1. The molecule has 1 aromatic carbocycles. The second-order valence-electron chi connectivity index (χ2n) is 5.40. The van der Waals surface area contributed by atoms with Crippen molar-refractivity contribution in [2.24, 2.45) is 0 Å². The predicted octanol–water partition coefficient (Wildman–Crippen LogP) is 2.39. The molecule has 2 heterocycles. The first kappa shape index (κ1) is 15.4. The lowest BCUT2D eigenvalue weighted by atomic mass is 10.3. The van der Waals surface area contributed by atoms with Gasteiger partial charge in [-0.3, -0.25) is 10.1 Å². The number of benzene rings is 1. The van der Waals surface area contributed by atoms with Crippen LogP contribution in [0.25, 0.3) is 11.0 Å². The van der Waals surface area contributed by atoms with Crippen molar-refractivity contribution in [3.05, 3.63) is 42.6 Å². The van der Waals surface area contributed by atoms with Crippen LogP contribution in [0.3, 0.4) is 0 Å². The fraction of sp³-hybridized carbons (Fsp3) is 0.200. The summed E-state index contributed by atoms with van der Waals surface area (Å²) in [6.45, 7) is 3.56. The monoisotopic (exact) mass is 331 g/mol. The lowest BCUT2D eigenvalue weighted by molar-refractivity contribution is 0.570. The Morgan fingerprint density at radius 1 is 1.13 bits per heavy atom. The number of hydrogen-bond donors (Lipinski definition) is 3. The van der Waals surface area contributed by atoms with Crippen LogP contribution in [0.5, 0.6) is 0 Å². The van der Waals surface area contributed by atoms with Gasteiger partial charge in [0.05, 0.1) is 10.4 Å². The normalized spacial score (nSPS) is 12.0. The van der Waals surface area contributed by atoms with Gasteiger partial charge in [-0.25, -0.2) is 13.1 Å². The van der Waals surface area contributed by atoms with Crippen LogP contribution >= 0.6 is 0 Å². The van der Waals surface area contributed by atoms with E-state index in [1.165, 1.54) is 0 Å². The quantitative estimate of drug-likeness (QED) is 0.666. The zero-order valence-electron chi connectivity index (χ0n) is 12.7. The summed E-state index contributed by atoms with van der Waals surface area (Å²) in [5.74, 6) is 0.594. The van der Waals surface area contributed by atoms with Crippen LogP contribution < -0.4 is 10.0 Å². The molecule has 0 fully saturated rings. The third kappa shape index (κ3) is 3.33. The van der Waals surface area contributed by atoms with Gasteiger partial charge in [0.15, 0.2) is 5.82 Å². The molecule has 3 rings (SSSR count). The molecule has 0 unspecified atom stereocenters. The summed E-state index contributed by atoms with van der Waals surface area (Å²) in [6.07, 6.45) is 1.69. The summed E-state index contributed by atoms with van der Waals surface area (Å²) < 4.78 is 26.7. The van der Waals surface area contributed by atoms with Gasteiger partial charge in [0, 0.05) is 17.9 Å². The average molecular weight is 331 g/mol. The Balaban J connectivity index is 1.83. The van der Waals surface area contributed by atoms with E-state index in [4.69, 9.17) is 0 Å². The molecule has 2 aromatic heterocycles. The minimum absolute atomic E-state index is 0.153. The molecule has 0 saturated heterocycles. The summed E-state index contributed by atoms with van der Waals surface area (Å²) in [6, 6.07) is 10.0. The van der Waals surface area contributed by atoms with Crippen molar-refractivity contribution >= 4 is 32.6 Å². The second kappa shape index (κ2) is 5.98. The molecule has 3 N–H and O–H groups in total. The molecular formula is C15H17N5O2S. The van der Waals surface area contributed by atoms with Gasteiger partial charge in [0.25, 0.3) is 0 Å². The molecule has 0 radical (unpaired) electrons. The second-order valence-corrected chi connectivity index (χ2v) is 7.11. The number of H-pyrrole nitrogens is 1. The Kier molecular flexibility index (Phi) is 4.01. The maximum atomic E-state index is 12.1. The van der Waals surface area contributed by atoms with Crippen molar-refractivity contribution in [3.8, 4) is 0 Å². The first-order valence-electron chi connectivity index (χ1n) is 7.14. The molecule has 120 valence electrons. The van der Waals surface area contributed by atoms with Crippen molar-refractivity contribution in [1.29, 1.82) is 0 Å². The number of aromatic nitrogens is 3. The third-order valence-electron chi connectivity index (χ3n) is 3.14. The minimum Gasteiger partial charge on any atom is -0.337 e. The average Bonchev–Trinajstić information content (AvgIpc) is 2.90. The van der Waals surface area contributed by atoms with Gasteiger partial charge in [0.1, 0.15) is 5.52 Å². The molecule has 0 bridgehead atoms. The Hall–Kier alpha value is -2.45. The number of fused-ring (bicyclic) bond motifs is 1. The predicted molar refractivity (Wildman–Crippen MR) is 89.1 cm³/mol. The smallest absolute Gasteiger partial charge is 0.240 e. The van der Waals surface area contributed by atoms with Crippen LogP contribution in [0.1, 0.15) is 13.8 Å². The molecule has 0 saturated carbocycles. The molecule has 3 aromatic rings.